The van der Waals surface area contributed by atoms with E-state index in [0.717, 1.165) is 36.8 Å². The van der Waals surface area contributed by atoms with Crippen molar-refractivity contribution in [3.63, 3.8) is 0 Å². The fraction of sp³-hybridized carbons (Fsp3) is 0.391. The van der Waals surface area contributed by atoms with Gasteiger partial charge in [-0.2, -0.15) is 0 Å². The molecule has 0 radical (unpaired) electrons. The molecule has 0 bridgehead atoms. The third-order valence-electron chi connectivity index (χ3n) is 6.01. The largest absolute Gasteiger partial charge is 0.481 e. The number of benzene rings is 2. The summed E-state index contributed by atoms with van der Waals surface area (Å²) in [6.45, 7) is 0.240. The Kier molecular flexibility index (Phi) is 5.33. The van der Waals surface area contributed by atoms with Crippen molar-refractivity contribution in [2.75, 3.05) is 6.61 Å². The van der Waals surface area contributed by atoms with Gasteiger partial charge in [0.05, 0.1) is 6.42 Å². The van der Waals surface area contributed by atoms with Crippen LogP contribution < -0.4 is 5.32 Å². The van der Waals surface area contributed by atoms with Crippen LogP contribution in [-0.2, 0) is 9.53 Å². The highest BCUT2D eigenvalue weighted by atomic mass is 16.5. The molecule has 2 aromatic rings. The van der Waals surface area contributed by atoms with Crippen LogP contribution in [0.2, 0.25) is 0 Å². The maximum atomic E-state index is 12.4. The molecule has 0 spiro atoms. The van der Waals surface area contributed by atoms with E-state index in [4.69, 9.17) is 4.74 Å². The van der Waals surface area contributed by atoms with Gasteiger partial charge in [0.2, 0.25) is 0 Å². The lowest BCUT2D eigenvalue weighted by atomic mass is 9.95. The van der Waals surface area contributed by atoms with Crippen LogP contribution in [0, 0.1) is 5.92 Å². The van der Waals surface area contributed by atoms with Crippen molar-refractivity contribution < 1.29 is 19.4 Å². The average Bonchev–Trinajstić information content (AvgIpc) is 3.32. The third-order valence-corrected chi connectivity index (χ3v) is 6.01. The molecular weight excluding hydrogens is 354 g/mol. The van der Waals surface area contributed by atoms with E-state index < -0.39 is 12.1 Å². The van der Waals surface area contributed by atoms with Gasteiger partial charge >= 0.3 is 12.1 Å². The van der Waals surface area contributed by atoms with Gasteiger partial charge in [-0.1, -0.05) is 61.4 Å². The van der Waals surface area contributed by atoms with Crippen LogP contribution in [0.1, 0.15) is 49.1 Å². The van der Waals surface area contributed by atoms with Crippen LogP contribution in [0.15, 0.2) is 48.5 Å². The number of hydrogen-bond acceptors (Lipinski definition) is 3. The van der Waals surface area contributed by atoms with E-state index in [-0.39, 0.29) is 30.9 Å². The summed E-state index contributed by atoms with van der Waals surface area (Å²) < 4.78 is 5.57. The first kappa shape index (κ1) is 18.5. The van der Waals surface area contributed by atoms with E-state index in [2.05, 4.69) is 29.6 Å². The molecule has 2 aliphatic carbocycles. The number of carboxylic acid groups (broad SMARTS) is 1. The van der Waals surface area contributed by atoms with E-state index in [1.807, 2.05) is 24.3 Å². The van der Waals surface area contributed by atoms with Crippen LogP contribution in [0.5, 0.6) is 0 Å². The van der Waals surface area contributed by atoms with Gasteiger partial charge in [-0.15, -0.1) is 0 Å². The zero-order chi connectivity index (χ0) is 19.5. The fourth-order valence-corrected chi connectivity index (χ4v) is 4.67. The number of hydrogen-bond donors (Lipinski definition) is 2. The number of rotatable bonds is 6. The van der Waals surface area contributed by atoms with E-state index in [9.17, 15) is 14.7 Å². The lowest BCUT2D eigenvalue weighted by Crippen LogP contribution is -2.41. The van der Waals surface area contributed by atoms with Crippen molar-refractivity contribution in [1.82, 2.24) is 5.32 Å². The van der Waals surface area contributed by atoms with E-state index in [0.29, 0.717) is 0 Å². The van der Waals surface area contributed by atoms with E-state index in [1.54, 1.807) is 0 Å². The molecule has 0 saturated heterocycles. The molecule has 146 valence electrons. The third kappa shape index (κ3) is 3.75. The second kappa shape index (κ2) is 8.05. The minimum atomic E-state index is -0.893. The number of ether oxygens (including phenoxy) is 1. The summed E-state index contributed by atoms with van der Waals surface area (Å²) >= 11 is 0. The minimum Gasteiger partial charge on any atom is -0.481 e. The first-order valence-corrected chi connectivity index (χ1v) is 9.97. The zero-order valence-electron chi connectivity index (χ0n) is 15.8. The Morgan fingerprint density at radius 2 is 1.57 bits per heavy atom. The van der Waals surface area contributed by atoms with Gasteiger partial charge in [0.15, 0.2) is 0 Å². The summed E-state index contributed by atoms with van der Waals surface area (Å²) in [5.41, 5.74) is 4.69. The molecule has 0 unspecified atom stereocenters. The minimum absolute atomic E-state index is 0.00237. The Balaban J connectivity index is 1.44. The molecular formula is C23H25NO4. The number of carbonyl (C=O) groups excluding carboxylic acids is 1. The average molecular weight is 379 g/mol. The maximum Gasteiger partial charge on any atom is 0.407 e. The number of aliphatic carboxylic acids is 1. The van der Waals surface area contributed by atoms with Gasteiger partial charge in [0.25, 0.3) is 0 Å². The summed E-state index contributed by atoms with van der Waals surface area (Å²) in [5.74, 6) is -0.671. The Hall–Kier alpha value is -2.82. The highest BCUT2D eigenvalue weighted by molar-refractivity contribution is 5.79. The molecule has 28 heavy (non-hydrogen) atoms. The lowest BCUT2D eigenvalue weighted by molar-refractivity contribution is -0.137. The summed E-state index contributed by atoms with van der Waals surface area (Å²) in [6, 6.07) is 16.0. The summed E-state index contributed by atoms with van der Waals surface area (Å²) in [4.78, 5) is 23.6. The number of alkyl carbamates (subject to hydrolysis) is 1. The Morgan fingerprint density at radius 3 is 2.14 bits per heavy atom. The lowest BCUT2D eigenvalue weighted by Gasteiger charge is -2.23. The van der Waals surface area contributed by atoms with Gasteiger partial charge in [-0.3, -0.25) is 4.79 Å². The molecule has 4 rings (SSSR count). The van der Waals surface area contributed by atoms with Crippen molar-refractivity contribution in [1.29, 1.82) is 0 Å². The predicted octanol–water partition coefficient (Wildman–Crippen LogP) is 4.56. The molecule has 0 aromatic heterocycles. The van der Waals surface area contributed by atoms with Crippen molar-refractivity contribution in [3.8, 4) is 11.1 Å². The van der Waals surface area contributed by atoms with Gasteiger partial charge in [0.1, 0.15) is 6.61 Å². The molecule has 5 nitrogen and oxygen atoms in total. The molecule has 5 heteroatoms. The Bertz CT molecular complexity index is 827. The molecule has 2 aromatic carbocycles. The second-order valence-corrected chi connectivity index (χ2v) is 7.72. The summed E-state index contributed by atoms with van der Waals surface area (Å²) in [6.07, 6.45) is 3.51. The monoisotopic (exact) mass is 379 g/mol. The Morgan fingerprint density at radius 1 is 1.00 bits per heavy atom. The molecule has 2 aliphatic rings. The zero-order valence-corrected chi connectivity index (χ0v) is 15.8. The van der Waals surface area contributed by atoms with Crippen LogP contribution in [-0.4, -0.2) is 29.8 Å². The number of carboxylic acids is 1. The molecule has 1 amide bonds. The van der Waals surface area contributed by atoms with Gasteiger partial charge in [-0.25, -0.2) is 4.79 Å². The second-order valence-electron chi connectivity index (χ2n) is 7.72. The predicted molar refractivity (Wildman–Crippen MR) is 106 cm³/mol. The molecule has 0 heterocycles. The SMILES string of the molecule is O=C(O)C[C@H](NC(=O)OCC1c2ccccc2-c2ccccc21)C1CCCC1. The summed E-state index contributed by atoms with van der Waals surface area (Å²) in [7, 11) is 0. The van der Waals surface area contributed by atoms with E-state index >= 15 is 0 Å². The molecule has 2 N–H and O–H groups in total. The van der Waals surface area contributed by atoms with Crippen LogP contribution in [0.3, 0.4) is 0 Å². The van der Waals surface area contributed by atoms with Crippen molar-refractivity contribution in [3.05, 3.63) is 59.7 Å². The van der Waals surface area contributed by atoms with Crippen molar-refractivity contribution in [2.24, 2.45) is 5.92 Å². The topological polar surface area (TPSA) is 75.6 Å². The fourth-order valence-electron chi connectivity index (χ4n) is 4.67. The highest BCUT2D eigenvalue weighted by Crippen LogP contribution is 2.44. The van der Waals surface area contributed by atoms with Gasteiger partial charge in [-0.05, 0) is 41.0 Å². The first-order chi connectivity index (χ1) is 13.6. The van der Waals surface area contributed by atoms with Crippen molar-refractivity contribution >= 4 is 12.1 Å². The molecule has 0 aliphatic heterocycles. The highest BCUT2D eigenvalue weighted by Gasteiger charge is 2.31. The smallest absolute Gasteiger partial charge is 0.407 e. The summed E-state index contributed by atoms with van der Waals surface area (Å²) in [5, 5.41) is 12.0. The number of fused-ring (bicyclic) bond motifs is 3. The number of amides is 1. The normalized spacial score (nSPS) is 17.0. The number of carbonyl (C=O) groups is 2. The molecule has 1 atom stereocenters. The van der Waals surface area contributed by atoms with Crippen LogP contribution >= 0.6 is 0 Å². The standard InChI is InChI=1S/C23H25NO4/c25-22(26)13-21(15-7-1-2-8-15)24-23(27)28-14-20-18-11-5-3-9-16(18)17-10-4-6-12-19(17)20/h3-6,9-12,15,20-21H,1-2,7-8,13-14H2,(H,24,27)(H,25,26)/t21-/m0/s1. The van der Waals surface area contributed by atoms with Crippen molar-refractivity contribution in [2.45, 2.75) is 44.1 Å². The first-order valence-electron chi connectivity index (χ1n) is 9.97. The van der Waals surface area contributed by atoms with E-state index in [1.165, 1.54) is 11.1 Å². The van der Waals surface area contributed by atoms with Gasteiger partial charge < -0.3 is 15.2 Å². The Labute approximate surface area is 164 Å². The number of nitrogens with one attached hydrogen (secondary N) is 1. The maximum absolute atomic E-state index is 12.4. The quantitative estimate of drug-likeness (QED) is 0.771. The molecule has 1 saturated carbocycles. The van der Waals surface area contributed by atoms with Crippen LogP contribution in [0.25, 0.3) is 11.1 Å². The van der Waals surface area contributed by atoms with Crippen LogP contribution in [0.4, 0.5) is 4.79 Å². The van der Waals surface area contributed by atoms with Gasteiger partial charge in [0, 0.05) is 12.0 Å². The molecule has 1 fully saturated rings.